The number of carbonyl (C=O) groups excluding carboxylic acids is 1. The number of nitrogens with zero attached hydrogens (tertiary/aromatic N) is 5. The monoisotopic (exact) mass is 335 g/mol. The van der Waals surface area contributed by atoms with Crippen molar-refractivity contribution in [1.82, 2.24) is 24.8 Å². The van der Waals surface area contributed by atoms with E-state index in [1.807, 2.05) is 35.9 Å². The number of nitrogens with one attached hydrogen (secondary N) is 1. The smallest absolute Gasteiger partial charge is 0.256 e. The van der Waals surface area contributed by atoms with E-state index in [0.717, 1.165) is 30.6 Å². The summed E-state index contributed by atoms with van der Waals surface area (Å²) in [5, 5.41) is 3.89. The van der Waals surface area contributed by atoms with Gasteiger partial charge in [-0.3, -0.25) is 9.36 Å². The van der Waals surface area contributed by atoms with Gasteiger partial charge in [-0.15, -0.1) is 0 Å². The highest BCUT2D eigenvalue weighted by atomic mass is 16.2. The molecule has 5 heterocycles. The molecular weight excluding hydrogens is 318 g/mol. The summed E-state index contributed by atoms with van der Waals surface area (Å²) in [7, 11) is 0. The summed E-state index contributed by atoms with van der Waals surface area (Å²) in [5.41, 5.74) is 6.86. The highest BCUT2D eigenvalue weighted by Gasteiger charge is 2.44. The third kappa shape index (κ3) is 1.87. The van der Waals surface area contributed by atoms with Gasteiger partial charge in [0, 0.05) is 12.7 Å². The Hall–Kier alpha value is -3.16. The average molecular weight is 335 g/mol. The van der Waals surface area contributed by atoms with Crippen LogP contribution in [0.3, 0.4) is 0 Å². The lowest BCUT2D eigenvalue weighted by Crippen LogP contribution is -2.59. The summed E-state index contributed by atoms with van der Waals surface area (Å²) in [6.07, 6.45) is 5.26. The van der Waals surface area contributed by atoms with Gasteiger partial charge in [0.05, 0.1) is 10.9 Å². The van der Waals surface area contributed by atoms with Gasteiger partial charge in [0.15, 0.2) is 5.65 Å². The van der Waals surface area contributed by atoms with Gasteiger partial charge in [0.1, 0.15) is 29.4 Å². The summed E-state index contributed by atoms with van der Waals surface area (Å²) in [6, 6.07) is 5.52. The molecule has 8 heteroatoms. The van der Waals surface area contributed by atoms with Crippen LogP contribution >= 0.6 is 0 Å². The maximum atomic E-state index is 12.5. The molecule has 0 spiro atoms. The van der Waals surface area contributed by atoms with Gasteiger partial charge in [-0.05, 0) is 38.0 Å². The van der Waals surface area contributed by atoms with E-state index in [2.05, 4.69) is 20.2 Å². The van der Waals surface area contributed by atoms with Gasteiger partial charge in [0.2, 0.25) is 0 Å². The third-order valence-electron chi connectivity index (χ3n) is 5.14. The molecule has 0 bridgehead atoms. The maximum Gasteiger partial charge on any atom is 0.256 e. The fourth-order valence-corrected chi connectivity index (χ4v) is 3.86. The lowest BCUT2D eigenvalue weighted by Gasteiger charge is -2.41. The van der Waals surface area contributed by atoms with Crippen molar-refractivity contribution in [3.63, 3.8) is 0 Å². The number of hydrogen-bond donors (Lipinski definition) is 2. The first-order valence-corrected chi connectivity index (χ1v) is 8.26. The first-order valence-electron chi connectivity index (χ1n) is 8.26. The predicted molar refractivity (Wildman–Crippen MR) is 93.5 cm³/mol. The fourth-order valence-electron chi connectivity index (χ4n) is 3.86. The van der Waals surface area contributed by atoms with Crippen LogP contribution < -0.4 is 16.0 Å². The topological polar surface area (TPSA) is 102 Å². The molecule has 3 N–H and O–H groups in total. The minimum Gasteiger partial charge on any atom is -0.383 e. The number of anilines is 2. The SMILES string of the molecule is CC12CCCN1c1nc(-n3ccc4c(N)ncnc43)ccc1C(=O)N2. The Balaban J connectivity index is 1.70. The molecule has 126 valence electrons. The minimum absolute atomic E-state index is 0.0707. The Bertz CT molecular complexity index is 1030. The molecule has 1 amide bonds. The molecule has 0 saturated carbocycles. The molecule has 0 aliphatic carbocycles. The van der Waals surface area contributed by atoms with E-state index in [1.165, 1.54) is 6.33 Å². The van der Waals surface area contributed by atoms with E-state index in [1.54, 1.807) is 0 Å². The van der Waals surface area contributed by atoms with Gasteiger partial charge in [0.25, 0.3) is 5.91 Å². The van der Waals surface area contributed by atoms with Crippen LogP contribution in [0, 0.1) is 0 Å². The van der Waals surface area contributed by atoms with Crippen LogP contribution in [0.25, 0.3) is 16.9 Å². The molecule has 3 aromatic rings. The van der Waals surface area contributed by atoms with Crippen LogP contribution in [0.15, 0.2) is 30.7 Å². The fraction of sp³-hybridized carbons (Fsp3) is 0.294. The second-order valence-corrected chi connectivity index (χ2v) is 6.71. The van der Waals surface area contributed by atoms with Crippen LogP contribution in [-0.2, 0) is 0 Å². The number of nitrogens with two attached hydrogens (primary N) is 1. The molecule has 25 heavy (non-hydrogen) atoms. The molecule has 2 aliphatic heterocycles. The standard InChI is InChI=1S/C17H17N7O/c1-17-6-2-7-24(17)15-11(16(25)22-17)3-4-12(21-15)23-8-5-10-13(18)19-9-20-14(10)23/h3-5,8-9H,2,6-7H2,1H3,(H,22,25)(H2,18,19,20). The summed E-state index contributed by atoms with van der Waals surface area (Å²) in [6.45, 7) is 2.93. The average Bonchev–Trinajstić information content (AvgIpc) is 3.19. The second kappa shape index (κ2) is 4.69. The molecule has 5 rings (SSSR count). The molecular formula is C17H17N7O. The Morgan fingerprint density at radius 2 is 2.16 bits per heavy atom. The first kappa shape index (κ1) is 14.2. The first-order chi connectivity index (χ1) is 12.1. The molecule has 1 atom stereocenters. The number of carbonyl (C=O) groups is 1. The number of pyridine rings is 1. The van der Waals surface area contributed by atoms with Crippen molar-refractivity contribution in [3.05, 3.63) is 36.3 Å². The zero-order valence-corrected chi connectivity index (χ0v) is 13.7. The molecule has 0 aromatic carbocycles. The lowest BCUT2D eigenvalue weighted by atomic mass is 10.0. The third-order valence-corrected chi connectivity index (χ3v) is 5.14. The highest BCUT2D eigenvalue weighted by molar-refractivity contribution is 6.02. The molecule has 1 fully saturated rings. The van der Waals surface area contributed by atoms with Gasteiger partial charge >= 0.3 is 0 Å². The number of nitrogen functional groups attached to an aromatic ring is 1. The Morgan fingerprint density at radius 3 is 3.04 bits per heavy atom. The van der Waals surface area contributed by atoms with E-state index in [9.17, 15) is 4.79 Å². The van der Waals surface area contributed by atoms with Gasteiger partial charge in [-0.25, -0.2) is 15.0 Å². The Morgan fingerprint density at radius 1 is 1.28 bits per heavy atom. The summed E-state index contributed by atoms with van der Waals surface area (Å²) >= 11 is 0. The molecule has 3 aromatic heterocycles. The largest absolute Gasteiger partial charge is 0.383 e. The van der Waals surface area contributed by atoms with Crippen molar-refractivity contribution in [2.24, 2.45) is 0 Å². The molecule has 8 nitrogen and oxygen atoms in total. The molecule has 1 saturated heterocycles. The minimum atomic E-state index is -0.360. The summed E-state index contributed by atoms with van der Waals surface area (Å²) in [4.78, 5) is 27.8. The number of fused-ring (bicyclic) bond motifs is 4. The normalized spacial score (nSPS) is 22.0. The number of aromatic nitrogens is 4. The zero-order chi connectivity index (χ0) is 17.2. The van der Waals surface area contributed by atoms with Crippen molar-refractivity contribution in [1.29, 1.82) is 0 Å². The van der Waals surface area contributed by atoms with Crippen molar-refractivity contribution in [2.75, 3.05) is 17.2 Å². The summed E-state index contributed by atoms with van der Waals surface area (Å²) in [5.74, 6) is 1.80. The van der Waals surface area contributed by atoms with Crippen LogP contribution in [-0.4, -0.2) is 37.6 Å². The lowest BCUT2D eigenvalue weighted by molar-refractivity contribution is 0.0896. The quantitative estimate of drug-likeness (QED) is 0.698. The highest BCUT2D eigenvalue weighted by Crippen LogP contribution is 2.37. The molecule has 0 radical (unpaired) electrons. The Labute approximate surface area is 143 Å². The van der Waals surface area contributed by atoms with Gasteiger partial charge in [-0.1, -0.05) is 0 Å². The number of hydrogen-bond acceptors (Lipinski definition) is 6. The van der Waals surface area contributed by atoms with E-state index >= 15 is 0 Å². The predicted octanol–water partition coefficient (Wildman–Crippen LogP) is 1.46. The van der Waals surface area contributed by atoms with Crippen LogP contribution in [0.2, 0.25) is 0 Å². The van der Waals surface area contributed by atoms with Crippen molar-refractivity contribution in [3.8, 4) is 5.82 Å². The van der Waals surface area contributed by atoms with Gasteiger partial charge < -0.3 is 16.0 Å². The van der Waals surface area contributed by atoms with E-state index in [-0.39, 0.29) is 11.6 Å². The van der Waals surface area contributed by atoms with E-state index < -0.39 is 0 Å². The number of rotatable bonds is 1. The van der Waals surface area contributed by atoms with Crippen molar-refractivity contribution < 1.29 is 4.79 Å². The Kier molecular flexibility index (Phi) is 2.66. The van der Waals surface area contributed by atoms with E-state index in [0.29, 0.717) is 22.8 Å². The van der Waals surface area contributed by atoms with Crippen molar-refractivity contribution >= 4 is 28.6 Å². The maximum absolute atomic E-state index is 12.5. The molecule has 2 aliphatic rings. The van der Waals surface area contributed by atoms with Crippen molar-refractivity contribution in [2.45, 2.75) is 25.4 Å². The van der Waals surface area contributed by atoms with E-state index in [4.69, 9.17) is 10.7 Å². The van der Waals surface area contributed by atoms with Crippen LogP contribution in [0.1, 0.15) is 30.1 Å². The number of amides is 1. The van der Waals surface area contributed by atoms with Crippen LogP contribution in [0.5, 0.6) is 0 Å². The molecule has 1 unspecified atom stereocenters. The van der Waals surface area contributed by atoms with Crippen LogP contribution in [0.4, 0.5) is 11.6 Å². The summed E-state index contributed by atoms with van der Waals surface area (Å²) < 4.78 is 1.87. The van der Waals surface area contributed by atoms with Gasteiger partial charge in [-0.2, -0.15) is 0 Å². The second-order valence-electron chi connectivity index (χ2n) is 6.71. The zero-order valence-electron chi connectivity index (χ0n) is 13.7.